The lowest BCUT2D eigenvalue weighted by molar-refractivity contribution is -0.138. The topological polar surface area (TPSA) is 65.2 Å². The zero-order valence-electron chi connectivity index (χ0n) is 14.2. The highest BCUT2D eigenvalue weighted by molar-refractivity contribution is 9.10. The number of aromatic nitrogens is 1. The van der Waals surface area contributed by atoms with E-state index in [0.717, 1.165) is 23.6 Å². The molecule has 0 saturated carbocycles. The molecule has 2 aliphatic rings. The number of H-pyrrole nitrogens is 1. The Morgan fingerprint density at radius 3 is 2.71 bits per heavy atom. The minimum atomic E-state index is -4.71. The summed E-state index contributed by atoms with van der Waals surface area (Å²) in [5.41, 5.74) is 0.00418. The Morgan fingerprint density at radius 2 is 2.00 bits per heavy atom. The third kappa shape index (κ3) is 3.19. The number of urea groups is 1. The Labute approximate surface area is 164 Å². The van der Waals surface area contributed by atoms with Gasteiger partial charge in [-0.1, -0.05) is 15.9 Å². The standard InChI is InChI=1S/C18H14BrF4N3O2/c19-12-6-14(13(20)5-11(12)18(21,22)23)25-17(28)26-9-1-2-15(26)10-7-24-16(27)4-8(10)3-9/h4-7,9,15H,1-3H2,(H,24,27)(H,25,28)/t9-,15+/m0/s1. The molecule has 28 heavy (non-hydrogen) atoms. The van der Waals surface area contributed by atoms with Gasteiger partial charge in [0.1, 0.15) is 5.82 Å². The molecular formula is C18H14BrF4N3O2. The molecule has 1 fully saturated rings. The van der Waals surface area contributed by atoms with E-state index < -0.39 is 23.6 Å². The average Bonchev–Trinajstić information content (AvgIpc) is 2.92. The Morgan fingerprint density at radius 1 is 1.25 bits per heavy atom. The summed E-state index contributed by atoms with van der Waals surface area (Å²) in [6.45, 7) is 0. The number of aromatic amines is 1. The summed E-state index contributed by atoms with van der Waals surface area (Å²) in [6.07, 6.45) is -1.22. The fourth-order valence-electron chi connectivity index (χ4n) is 4.00. The molecule has 10 heteroatoms. The van der Waals surface area contributed by atoms with E-state index in [4.69, 9.17) is 0 Å². The average molecular weight is 460 g/mol. The van der Waals surface area contributed by atoms with Crippen LogP contribution < -0.4 is 10.9 Å². The number of alkyl halides is 3. The third-order valence-electron chi connectivity index (χ3n) is 5.20. The Hall–Kier alpha value is -2.36. The molecule has 1 saturated heterocycles. The third-order valence-corrected chi connectivity index (χ3v) is 5.86. The van der Waals surface area contributed by atoms with Crippen molar-refractivity contribution in [2.75, 3.05) is 5.32 Å². The number of carbonyl (C=O) groups excluding carboxylic acids is 1. The van der Waals surface area contributed by atoms with E-state index >= 15 is 0 Å². The second-order valence-electron chi connectivity index (χ2n) is 6.88. The molecule has 0 unspecified atom stereocenters. The van der Waals surface area contributed by atoms with Gasteiger partial charge in [-0.25, -0.2) is 9.18 Å². The number of carbonyl (C=O) groups is 1. The second kappa shape index (κ2) is 6.61. The molecule has 3 heterocycles. The molecule has 1 aromatic carbocycles. The Balaban J connectivity index is 1.61. The Bertz CT molecular complexity index is 1020. The molecule has 2 N–H and O–H groups in total. The molecule has 2 atom stereocenters. The number of anilines is 1. The molecule has 2 aliphatic heterocycles. The summed E-state index contributed by atoms with van der Waals surface area (Å²) in [5.74, 6) is -1.17. The fourth-order valence-corrected chi connectivity index (χ4v) is 4.57. The maximum absolute atomic E-state index is 14.2. The molecular weight excluding hydrogens is 446 g/mol. The van der Waals surface area contributed by atoms with Gasteiger partial charge in [0.25, 0.3) is 0 Å². The van der Waals surface area contributed by atoms with Crippen molar-refractivity contribution < 1.29 is 22.4 Å². The normalized spacial score (nSPS) is 20.8. The van der Waals surface area contributed by atoms with Crippen molar-refractivity contribution in [2.24, 2.45) is 0 Å². The highest BCUT2D eigenvalue weighted by atomic mass is 79.9. The molecule has 4 rings (SSSR count). The number of rotatable bonds is 1. The summed E-state index contributed by atoms with van der Waals surface area (Å²) in [4.78, 5) is 28.5. The minimum Gasteiger partial charge on any atom is -0.329 e. The summed E-state index contributed by atoms with van der Waals surface area (Å²) in [6, 6.07) is 1.77. The zero-order valence-corrected chi connectivity index (χ0v) is 15.8. The number of halogens is 5. The van der Waals surface area contributed by atoms with Crippen molar-refractivity contribution in [2.45, 2.75) is 37.5 Å². The van der Waals surface area contributed by atoms with Crippen LogP contribution in [-0.4, -0.2) is 22.0 Å². The summed E-state index contributed by atoms with van der Waals surface area (Å²) in [7, 11) is 0. The second-order valence-corrected chi connectivity index (χ2v) is 7.73. The van der Waals surface area contributed by atoms with Gasteiger partial charge in [0, 0.05) is 22.8 Å². The van der Waals surface area contributed by atoms with Crippen LogP contribution in [0.5, 0.6) is 0 Å². The molecule has 0 aliphatic carbocycles. The first-order valence-electron chi connectivity index (χ1n) is 8.52. The first kappa shape index (κ1) is 19.0. The molecule has 2 bridgehead atoms. The van der Waals surface area contributed by atoms with Crippen LogP contribution in [0.25, 0.3) is 0 Å². The van der Waals surface area contributed by atoms with Crippen LogP contribution in [0.15, 0.2) is 33.7 Å². The smallest absolute Gasteiger partial charge is 0.329 e. The lowest BCUT2D eigenvalue weighted by Gasteiger charge is -2.36. The number of benzene rings is 1. The van der Waals surface area contributed by atoms with Gasteiger partial charge in [0.15, 0.2) is 0 Å². The van der Waals surface area contributed by atoms with Gasteiger partial charge in [0.2, 0.25) is 5.56 Å². The van der Waals surface area contributed by atoms with E-state index in [1.165, 1.54) is 6.07 Å². The first-order chi connectivity index (χ1) is 13.1. The SMILES string of the molecule is O=C(Nc1cc(Br)c(C(F)(F)F)cc1F)N1[C@H]2CC[C@@H]1c1c[nH]c(=O)cc1C2. The van der Waals surface area contributed by atoms with Crippen LogP contribution in [0.1, 0.15) is 35.6 Å². The first-order valence-corrected chi connectivity index (χ1v) is 9.31. The molecule has 5 nitrogen and oxygen atoms in total. The van der Waals surface area contributed by atoms with E-state index in [-0.39, 0.29) is 27.8 Å². The predicted molar refractivity (Wildman–Crippen MR) is 96.5 cm³/mol. The number of hydrogen-bond acceptors (Lipinski definition) is 2. The van der Waals surface area contributed by atoms with Crippen molar-refractivity contribution in [1.29, 1.82) is 0 Å². The predicted octanol–water partition coefficient (Wildman–Crippen LogP) is 4.59. The summed E-state index contributed by atoms with van der Waals surface area (Å²) < 4.78 is 52.5. The lowest BCUT2D eigenvalue weighted by atomic mass is 9.95. The molecule has 0 radical (unpaired) electrons. The summed E-state index contributed by atoms with van der Waals surface area (Å²) in [5, 5.41) is 2.39. The van der Waals surface area contributed by atoms with Crippen molar-refractivity contribution in [3.05, 3.63) is 61.7 Å². The zero-order chi connectivity index (χ0) is 20.2. The monoisotopic (exact) mass is 459 g/mol. The number of nitrogens with one attached hydrogen (secondary N) is 2. The van der Waals surface area contributed by atoms with Crippen molar-refractivity contribution in [1.82, 2.24) is 9.88 Å². The van der Waals surface area contributed by atoms with Gasteiger partial charge in [-0.15, -0.1) is 0 Å². The quantitative estimate of drug-likeness (QED) is 0.612. The lowest BCUT2D eigenvalue weighted by Crippen LogP contribution is -2.44. The molecule has 148 valence electrons. The van der Waals surface area contributed by atoms with Crippen molar-refractivity contribution >= 4 is 27.6 Å². The van der Waals surface area contributed by atoms with Gasteiger partial charge < -0.3 is 15.2 Å². The Kier molecular flexibility index (Phi) is 4.48. The van der Waals surface area contributed by atoms with E-state index in [2.05, 4.69) is 26.2 Å². The van der Waals surface area contributed by atoms with Crippen LogP contribution in [0.2, 0.25) is 0 Å². The maximum Gasteiger partial charge on any atom is 0.417 e. The van der Waals surface area contributed by atoms with E-state index in [1.807, 2.05) is 0 Å². The van der Waals surface area contributed by atoms with E-state index in [1.54, 1.807) is 11.1 Å². The van der Waals surface area contributed by atoms with Gasteiger partial charge in [-0.3, -0.25) is 4.79 Å². The van der Waals surface area contributed by atoms with E-state index in [0.29, 0.717) is 18.9 Å². The van der Waals surface area contributed by atoms with Gasteiger partial charge in [0.05, 0.1) is 17.3 Å². The van der Waals surface area contributed by atoms with Crippen LogP contribution in [0, 0.1) is 5.82 Å². The minimum absolute atomic E-state index is 0.153. The molecule has 0 spiro atoms. The highest BCUT2D eigenvalue weighted by Crippen LogP contribution is 2.43. The van der Waals surface area contributed by atoms with Gasteiger partial charge in [-0.05, 0) is 42.5 Å². The number of fused-ring (bicyclic) bond motifs is 4. The molecule has 2 aromatic rings. The van der Waals surface area contributed by atoms with E-state index in [9.17, 15) is 27.2 Å². The van der Waals surface area contributed by atoms with Crippen LogP contribution in [-0.2, 0) is 12.6 Å². The fraction of sp³-hybridized carbons (Fsp3) is 0.333. The van der Waals surface area contributed by atoms with Crippen LogP contribution in [0.4, 0.5) is 28.0 Å². The number of nitrogens with zero attached hydrogens (tertiary/aromatic N) is 1. The highest BCUT2D eigenvalue weighted by Gasteiger charge is 2.43. The largest absolute Gasteiger partial charge is 0.417 e. The maximum atomic E-state index is 14.2. The van der Waals surface area contributed by atoms with Gasteiger partial charge in [-0.2, -0.15) is 13.2 Å². The molecule has 2 amide bonds. The van der Waals surface area contributed by atoms with Crippen LogP contribution >= 0.6 is 15.9 Å². The van der Waals surface area contributed by atoms with Crippen LogP contribution in [0.3, 0.4) is 0 Å². The molecule has 1 aromatic heterocycles. The number of amides is 2. The van der Waals surface area contributed by atoms with Crippen molar-refractivity contribution in [3.63, 3.8) is 0 Å². The number of pyridine rings is 1. The number of hydrogen-bond donors (Lipinski definition) is 2. The van der Waals surface area contributed by atoms with Gasteiger partial charge >= 0.3 is 12.2 Å². The van der Waals surface area contributed by atoms with Crippen molar-refractivity contribution in [3.8, 4) is 0 Å². The summed E-state index contributed by atoms with van der Waals surface area (Å²) >= 11 is 2.78.